The molecule has 3 atom stereocenters. The van der Waals surface area contributed by atoms with E-state index in [0.29, 0.717) is 36.7 Å². The van der Waals surface area contributed by atoms with Crippen LogP contribution in [0.15, 0.2) is 36.5 Å². The zero-order valence-corrected chi connectivity index (χ0v) is 25.0. The highest BCUT2D eigenvalue weighted by atomic mass is 19.1. The average Bonchev–Trinajstić information content (AvgIpc) is 3.30. The van der Waals surface area contributed by atoms with E-state index in [1.807, 2.05) is 40.7 Å². The summed E-state index contributed by atoms with van der Waals surface area (Å²) in [6.45, 7) is 14.6. The summed E-state index contributed by atoms with van der Waals surface area (Å²) in [4.78, 5) is 34.9. The fraction of sp³-hybridized carbons (Fsp3) is 0.548. The van der Waals surface area contributed by atoms with E-state index in [0.717, 1.165) is 24.0 Å². The molecule has 41 heavy (non-hydrogen) atoms. The zero-order chi connectivity index (χ0) is 29.7. The lowest BCUT2D eigenvalue weighted by molar-refractivity contribution is -0.0378. The summed E-state index contributed by atoms with van der Waals surface area (Å²) in [5.74, 6) is -0.364. The summed E-state index contributed by atoms with van der Waals surface area (Å²) in [6, 6.07) is 8.27. The third-order valence-corrected chi connectivity index (χ3v) is 7.75. The Morgan fingerprint density at radius 2 is 1.73 bits per heavy atom. The first-order chi connectivity index (χ1) is 19.2. The Morgan fingerprint density at radius 3 is 2.34 bits per heavy atom. The molecule has 0 N–H and O–H groups in total. The quantitative estimate of drug-likeness (QED) is 0.406. The molecule has 4 heterocycles. The Labute approximate surface area is 240 Å². The van der Waals surface area contributed by atoms with Crippen molar-refractivity contribution in [2.45, 2.75) is 90.6 Å². The monoisotopic (exact) mass is 565 g/mol. The molecule has 0 unspecified atom stereocenters. The van der Waals surface area contributed by atoms with Crippen molar-refractivity contribution in [3.05, 3.63) is 53.6 Å². The predicted molar refractivity (Wildman–Crippen MR) is 153 cm³/mol. The molecule has 3 aromatic rings. The molecule has 0 aliphatic carbocycles. The van der Waals surface area contributed by atoms with Gasteiger partial charge in [0.25, 0.3) is 5.91 Å². The Morgan fingerprint density at radius 1 is 1.07 bits per heavy atom. The van der Waals surface area contributed by atoms with Gasteiger partial charge in [0.2, 0.25) is 0 Å². The maximum Gasteiger partial charge on any atom is 0.410 e. The number of halogens is 1. The lowest BCUT2D eigenvalue weighted by Gasteiger charge is -2.46. The van der Waals surface area contributed by atoms with Crippen molar-refractivity contribution >= 4 is 17.6 Å². The van der Waals surface area contributed by atoms with Crippen LogP contribution in [0.2, 0.25) is 0 Å². The number of ether oxygens (including phenoxy) is 2. The molecule has 2 aliphatic heterocycles. The number of carbonyl (C=O) groups excluding carboxylic acids is 2. The molecule has 0 spiro atoms. The van der Waals surface area contributed by atoms with Crippen molar-refractivity contribution in [2.75, 3.05) is 19.6 Å². The number of hydrogen-bond donors (Lipinski definition) is 0. The number of aromatic nitrogens is 3. The second kappa shape index (κ2) is 10.7. The van der Waals surface area contributed by atoms with Crippen molar-refractivity contribution in [2.24, 2.45) is 0 Å². The van der Waals surface area contributed by atoms with Gasteiger partial charge in [-0.3, -0.25) is 4.79 Å². The van der Waals surface area contributed by atoms with Gasteiger partial charge in [-0.25, -0.2) is 18.7 Å². The number of fused-ring (bicyclic) bond motifs is 1. The van der Waals surface area contributed by atoms with Crippen LogP contribution in [0.1, 0.15) is 83.3 Å². The van der Waals surface area contributed by atoms with Gasteiger partial charge in [0, 0.05) is 30.8 Å². The molecule has 10 heteroatoms. The normalized spacial score (nSPS) is 23.1. The van der Waals surface area contributed by atoms with E-state index in [2.05, 4.69) is 13.8 Å². The van der Waals surface area contributed by atoms with Gasteiger partial charge in [-0.05, 0) is 97.6 Å². The number of amides is 2. The summed E-state index contributed by atoms with van der Waals surface area (Å²) in [5.41, 5.74) is 2.16. The highest BCUT2D eigenvalue weighted by Crippen LogP contribution is 2.37. The molecule has 2 amide bonds. The molecule has 0 saturated carbocycles. The number of carbonyl (C=O) groups is 2. The van der Waals surface area contributed by atoms with E-state index in [1.54, 1.807) is 32.6 Å². The number of nitrogens with zero attached hydrogens (tertiary/aromatic N) is 5. The van der Waals surface area contributed by atoms with E-state index < -0.39 is 11.1 Å². The zero-order valence-electron chi connectivity index (χ0n) is 25.0. The Hall–Kier alpha value is -3.53. The van der Waals surface area contributed by atoms with Gasteiger partial charge < -0.3 is 19.3 Å². The van der Waals surface area contributed by atoms with Gasteiger partial charge >= 0.3 is 6.09 Å². The standard InChI is InChI=1S/C31H40FN5O4/c1-19-14-22(15-20(2)40-19)24-16-25(21-8-10-23(32)11-9-21)34-37-17-26(33-27(24)37)28(38)36-13-12-35(18-31(36,6)7)29(39)41-30(3,4)5/h8-11,16-17,19-20,22H,12-15,18H2,1-7H3/t19-,20+,22+. The molecule has 2 fully saturated rings. The first-order valence-electron chi connectivity index (χ1n) is 14.3. The third-order valence-electron chi connectivity index (χ3n) is 7.75. The number of hydrogen-bond acceptors (Lipinski definition) is 6. The van der Waals surface area contributed by atoms with Crippen molar-refractivity contribution in [3.63, 3.8) is 0 Å². The van der Waals surface area contributed by atoms with Crippen LogP contribution in [0.25, 0.3) is 16.9 Å². The Balaban J connectivity index is 1.48. The number of rotatable bonds is 3. The topological polar surface area (TPSA) is 89.3 Å². The van der Waals surface area contributed by atoms with Crippen molar-refractivity contribution in [3.8, 4) is 11.3 Å². The van der Waals surface area contributed by atoms with Gasteiger partial charge in [-0.1, -0.05) is 0 Å². The van der Waals surface area contributed by atoms with E-state index in [4.69, 9.17) is 19.6 Å². The summed E-state index contributed by atoms with van der Waals surface area (Å²) >= 11 is 0. The van der Waals surface area contributed by atoms with E-state index in [-0.39, 0.29) is 35.9 Å². The largest absolute Gasteiger partial charge is 0.444 e. The summed E-state index contributed by atoms with van der Waals surface area (Å²) in [6.07, 6.45) is 3.11. The lowest BCUT2D eigenvalue weighted by Crippen LogP contribution is -2.62. The average molecular weight is 566 g/mol. The second-order valence-corrected chi connectivity index (χ2v) is 13.0. The van der Waals surface area contributed by atoms with Gasteiger partial charge in [-0.15, -0.1) is 0 Å². The minimum atomic E-state index is -0.636. The van der Waals surface area contributed by atoms with Crippen LogP contribution in [-0.2, 0) is 9.47 Å². The number of benzene rings is 1. The summed E-state index contributed by atoms with van der Waals surface area (Å²) < 4.78 is 26.9. The summed E-state index contributed by atoms with van der Waals surface area (Å²) in [5, 5.41) is 4.78. The molecule has 9 nitrogen and oxygen atoms in total. The first-order valence-corrected chi connectivity index (χ1v) is 14.3. The first kappa shape index (κ1) is 29.0. The number of imidazole rings is 1. The lowest BCUT2D eigenvalue weighted by atomic mass is 9.86. The van der Waals surface area contributed by atoms with Gasteiger partial charge in [-0.2, -0.15) is 5.10 Å². The predicted octanol–water partition coefficient (Wildman–Crippen LogP) is 5.68. The third kappa shape index (κ3) is 6.22. The van der Waals surface area contributed by atoms with Gasteiger partial charge in [0.15, 0.2) is 5.65 Å². The second-order valence-electron chi connectivity index (χ2n) is 13.0. The fourth-order valence-corrected chi connectivity index (χ4v) is 5.98. The molecule has 220 valence electrons. The minimum Gasteiger partial charge on any atom is -0.444 e. The Kier molecular flexibility index (Phi) is 7.57. The molecule has 1 aromatic carbocycles. The molecule has 5 rings (SSSR count). The van der Waals surface area contributed by atoms with Gasteiger partial charge in [0.05, 0.1) is 29.6 Å². The van der Waals surface area contributed by atoms with Crippen LogP contribution in [0.3, 0.4) is 0 Å². The van der Waals surface area contributed by atoms with E-state index in [1.165, 1.54) is 12.1 Å². The van der Waals surface area contributed by atoms with Gasteiger partial charge in [0.1, 0.15) is 17.1 Å². The smallest absolute Gasteiger partial charge is 0.410 e. The van der Waals surface area contributed by atoms with Crippen LogP contribution in [0.5, 0.6) is 0 Å². The van der Waals surface area contributed by atoms with Crippen LogP contribution >= 0.6 is 0 Å². The van der Waals surface area contributed by atoms with Crippen molar-refractivity contribution in [1.82, 2.24) is 24.4 Å². The summed E-state index contributed by atoms with van der Waals surface area (Å²) in [7, 11) is 0. The fourth-order valence-electron chi connectivity index (χ4n) is 5.98. The molecular formula is C31H40FN5O4. The maximum absolute atomic E-state index is 13.9. The van der Waals surface area contributed by atoms with Crippen LogP contribution in [-0.4, -0.2) is 79.4 Å². The molecule has 0 radical (unpaired) electrons. The van der Waals surface area contributed by atoms with Crippen LogP contribution in [0.4, 0.5) is 9.18 Å². The molecule has 2 aliphatic rings. The molecular weight excluding hydrogens is 525 g/mol. The SMILES string of the molecule is C[C@@H]1C[C@H](c2cc(-c3ccc(F)cc3)nn3cc(C(=O)N4CCN(C(=O)OC(C)(C)C)CC4(C)C)nc23)C[C@H](C)O1. The number of piperazine rings is 1. The molecule has 0 bridgehead atoms. The maximum atomic E-state index is 13.9. The molecule has 2 saturated heterocycles. The van der Waals surface area contributed by atoms with Crippen LogP contribution < -0.4 is 0 Å². The molecule has 2 aromatic heterocycles. The van der Waals surface area contributed by atoms with Crippen molar-refractivity contribution in [1.29, 1.82) is 0 Å². The van der Waals surface area contributed by atoms with E-state index in [9.17, 15) is 14.0 Å². The van der Waals surface area contributed by atoms with E-state index >= 15 is 0 Å². The van der Waals surface area contributed by atoms with Crippen LogP contribution in [0, 0.1) is 5.82 Å². The highest BCUT2D eigenvalue weighted by molar-refractivity contribution is 5.94. The Bertz CT molecular complexity index is 1440. The minimum absolute atomic E-state index is 0.0874. The van der Waals surface area contributed by atoms with Crippen molar-refractivity contribution < 1.29 is 23.5 Å². The highest BCUT2D eigenvalue weighted by Gasteiger charge is 2.41.